The van der Waals surface area contributed by atoms with Gasteiger partial charge in [-0.3, -0.25) is 0 Å². The Hall–Kier alpha value is -3.89. The minimum atomic E-state index is -0.479. The van der Waals surface area contributed by atoms with E-state index in [9.17, 15) is 15.2 Å². The number of rotatable bonds is 5. The lowest BCUT2D eigenvalue weighted by molar-refractivity contribution is 0.318. The number of ether oxygens (including phenoxy) is 1. The van der Waals surface area contributed by atoms with Crippen molar-refractivity contribution in [2.24, 2.45) is 0 Å². The minimum absolute atomic E-state index is 0.0343. The van der Waals surface area contributed by atoms with Crippen LogP contribution in [0.4, 0.5) is 0 Å². The number of fused-ring (bicyclic) bond motifs is 1. The quantitative estimate of drug-likeness (QED) is 0.360. The van der Waals surface area contributed by atoms with Crippen LogP contribution >= 0.6 is 11.3 Å². The molecule has 0 amide bonds. The zero-order valence-electron chi connectivity index (χ0n) is 16.0. The van der Waals surface area contributed by atoms with Crippen LogP contribution in [0.3, 0.4) is 0 Å². The van der Waals surface area contributed by atoms with E-state index >= 15 is 0 Å². The van der Waals surface area contributed by atoms with Gasteiger partial charge in [-0.05, 0) is 42.8 Å². The van der Waals surface area contributed by atoms with Gasteiger partial charge in [0, 0.05) is 10.8 Å². The molecule has 0 spiro atoms. The lowest BCUT2D eigenvalue weighted by Gasteiger charge is -2.06. The second kappa shape index (κ2) is 8.23. The smallest absolute Gasteiger partial charge is 0.345 e. The number of nitriles is 1. The first kappa shape index (κ1) is 19.4. The van der Waals surface area contributed by atoms with Gasteiger partial charge in [0.15, 0.2) is 11.5 Å². The normalized spacial score (nSPS) is 11.4. The second-order valence-corrected chi connectivity index (χ2v) is 7.21. The first-order valence-corrected chi connectivity index (χ1v) is 10.0. The molecule has 0 fully saturated rings. The van der Waals surface area contributed by atoms with Gasteiger partial charge in [0.2, 0.25) is 0 Å². The summed E-state index contributed by atoms with van der Waals surface area (Å²) in [6.07, 6.45) is 1.66. The third-order valence-corrected chi connectivity index (χ3v) is 5.24. The molecule has 0 bridgehead atoms. The predicted octanol–water partition coefficient (Wildman–Crippen LogP) is 5.08. The summed E-state index contributed by atoms with van der Waals surface area (Å²) in [7, 11) is 0. The Morgan fingerprint density at radius 1 is 1.30 bits per heavy atom. The zero-order chi connectivity index (χ0) is 21.1. The standard InChI is InChI=1S/C23H16N2O4S/c1-2-28-21-10-14(7-8-19(21)26)9-16(12-24)22-25-18(13-30-22)17-11-15-5-3-4-6-20(15)29-23(17)27/h3-11,13,26H,2H2,1H3/b16-9-. The number of allylic oxidation sites excluding steroid dienone is 1. The highest BCUT2D eigenvalue weighted by Crippen LogP contribution is 2.30. The Labute approximate surface area is 175 Å². The summed E-state index contributed by atoms with van der Waals surface area (Å²) in [5.74, 6) is 0.379. The monoisotopic (exact) mass is 416 g/mol. The molecular formula is C23H16N2O4S. The molecule has 0 aliphatic rings. The van der Waals surface area contributed by atoms with E-state index in [4.69, 9.17) is 9.15 Å². The molecule has 0 saturated carbocycles. The Bertz CT molecular complexity index is 1360. The third kappa shape index (κ3) is 3.81. The van der Waals surface area contributed by atoms with E-state index in [-0.39, 0.29) is 5.75 Å². The SMILES string of the molecule is CCOc1cc(/C=C(/C#N)c2nc(-c3cc4ccccc4oc3=O)cs2)ccc1O. The molecule has 6 nitrogen and oxygen atoms in total. The minimum Gasteiger partial charge on any atom is -0.504 e. The summed E-state index contributed by atoms with van der Waals surface area (Å²) in [4.78, 5) is 16.9. The topological polar surface area (TPSA) is 96.4 Å². The summed E-state index contributed by atoms with van der Waals surface area (Å²) in [6.45, 7) is 2.24. The van der Waals surface area contributed by atoms with E-state index in [0.29, 0.717) is 45.3 Å². The fourth-order valence-electron chi connectivity index (χ4n) is 2.96. The first-order chi connectivity index (χ1) is 14.6. The number of hydrogen-bond donors (Lipinski definition) is 1. The Morgan fingerprint density at radius 3 is 2.93 bits per heavy atom. The van der Waals surface area contributed by atoms with Crippen LogP contribution in [0.2, 0.25) is 0 Å². The maximum absolute atomic E-state index is 12.4. The third-order valence-electron chi connectivity index (χ3n) is 4.37. The highest BCUT2D eigenvalue weighted by molar-refractivity contribution is 7.11. The predicted molar refractivity (Wildman–Crippen MR) is 116 cm³/mol. The van der Waals surface area contributed by atoms with Crippen LogP contribution in [-0.2, 0) is 0 Å². The number of para-hydroxylation sites is 1. The number of hydrogen-bond acceptors (Lipinski definition) is 7. The molecule has 2 aromatic heterocycles. The van der Waals surface area contributed by atoms with E-state index in [1.54, 1.807) is 41.8 Å². The molecule has 0 aliphatic heterocycles. The molecule has 4 rings (SSSR count). The van der Waals surface area contributed by atoms with Gasteiger partial charge >= 0.3 is 5.63 Å². The molecule has 7 heteroatoms. The fraction of sp³-hybridized carbons (Fsp3) is 0.0870. The molecular weight excluding hydrogens is 400 g/mol. The number of aromatic hydroxyl groups is 1. The fourth-order valence-corrected chi connectivity index (χ4v) is 3.75. The van der Waals surface area contributed by atoms with Gasteiger partial charge in [0.25, 0.3) is 0 Å². The van der Waals surface area contributed by atoms with E-state index in [2.05, 4.69) is 11.1 Å². The van der Waals surface area contributed by atoms with Crippen molar-refractivity contribution in [3.8, 4) is 28.8 Å². The van der Waals surface area contributed by atoms with Crippen LogP contribution < -0.4 is 10.4 Å². The van der Waals surface area contributed by atoms with Crippen LogP contribution in [0.1, 0.15) is 17.5 Å². The summed E-state index contributed by atoms with van der Waals surface area (Å²) in [5, 5.41) is 22.5. The van der Waals surface area contributed by atoms with Gasteiger partial charge in [-0.2, -0.15) is 5.26 Å². The van der Waals surface area contributed by atoms with Crippen LogP contribution in [-0.4, -0.2) is 16.7 Å². The average molecular weight is 416 g/mol. The number of aromatic nitrogens is 1. The van der Waals surface area contributed by atoms with Gasteiger partial charge in [0.05, 0.1) is 23.4 Å². The van der Waals surface area contributed by atoms with Crippen molar-refractivity contribution >= 4 is 34.0 Å². The van der Waals surface area contributed by atoms with E-state index in [1.807, 2.05) is 19.1 Å². The van der Waals surface area contributed by atoms with Crippen molar-refractivity contribution in [1.82, 2.24) is 4.98 Å². The van der Waals surface area contributed by atoms with Crippen molar-refractivity contribution in [1.29, 1.82) is 5.26 Å². The summed E-state index contributed by atoms with van der Waals surface area (Å²) in [6, 6.07) is 16.0. The van der Waals surface area contributed by atoms with E-state index < -0.39 is 5.63 Å². The largest absolute Gasteiger partial charge is 0.504 e. The van der Waals surface area contributed by atoms with Gasteiger partial charge in [0.1, 0.15) is 16.7 Å². The van der Waals surface area contributed by atoms with E-state index in [1.165, 1.54) is 17.4 Å². The molecule has 2 aromatic carbocycles. The molecule has 0 saturated heterocycles. The van der Waals surface area contributed by atoms with Crippen molar-refractivity contribution in [3.63, 3.8) is 0 Å². The Kier molecular flexibility index (Phi) is 5.33. The number of benzene rings is 2. The average Bonchev–Trinajstić information content (AvgIpc) is 3.23. The Balaban J connectivity index is 1.72. The van der Waals surface area contributed by atoms with Crippen molar-refractivity contribution in [2.75, 3.05) is 6.61 Å². The molecule has 0 atom stereocenters. The van der Waals surface area contributed by atoms with Crippen LogP contribution in [0.5, 0.6) is 11.5 Å². The van der Waals surface area contributed by atoms with Crippen molar-refractivity contribution in [2.45, 2.75) is 6.92 Å². The maximum atomic E-state index is 12.4. The summed E-state index contributed by atoms with van der Waals surface area (Å²) < 4.78 is 10.8. The van der Waals surface area contributed by atoms with Crippen molar-refractivity contribution < 1.29 is 14.3 Å². The number of phenolic OH excluding ortho intramolecular Hbond substituents is 1. The number of thiazole rings is 1. The summed E-state index contributed by atoms with van der Waals surface area (Å²) >= 11 is 1.26. The molecule has 0 aliphatic carbocycles. The highest BCUT2D eigenvalue weighted by Gasteiger charge is 2.14. The highest BCUT2D eigenvalue weighted by atomic mass is 32.1. The van der Waals surface area contributed by atoms with Gasteiger partial charge in [-0.15, -0.1) is 11.3 Å². The number of phenols is 1. The maximum Gasteiger partial charge on any atom is 0.345 e. The van der Waals surface area contributed by atoms with Crippen LogP contribution in [0.25, 0.3) is 33.9 Å². The molecule has 0 unspecified atom stereocenters. The second-order valence-electron chi connectivity index (χ2n) is 6.35. The van der Waals surface area contributed by atoms with Crippen LogP contribution in [0, 0.1) is 11.3 Å². The van der Waals surface area contributed by atoms with Gasteiger partial charge in [-0.25, -0.2) is 9.78 Å². The lowest BCUT2D eigenvalue weighted by atomic mass is 10.1. The molecule has 2 heterocycles. The molecule has 30 heavy (non-hydrogen) atoms. The zero-order valence-corrected chi connectivity index (χ0v) is 16.8. The van der Waals surface area contributed by atoms with Crippen molar-refractivity contribution in [3.05, 3.63) is 74.9 Å². The van der Waals surface area contributed by atoms with Gasteiger partial charge in [-0.1, -0.05) is 24.3 Å². The molecule has 148 valence electrons. The Morgan fingerprint density at radius 2 is 2.13 bits per heavy atom. The lowest BCUT2D eigenvalue weighted by Crippen LogP contribution is -2.02. The molecule has 0 radical (unpaired) electrons. The number of nitrogens with zero attached hydrogens (tertiary/aromatic N) is 2. The summed E-state index contributed by atoms with van der Waals surface area (Å²) in [5.41, 5.74) is 1.86. The van der Waals surface area contributed by atoms with E-state index in [0.717, 1.165) is 5.39 Å². The van der Waals surface area contributed by atoms with Gasteiger partial charge < -0.3 is 14.3 Å². The van der Waals surface area contributed by atoms with Crippen LogP contribution in [0.15, 0.2) is 63.1 Å². The first-order valence-electron chi connectivity index (χ1n) is 9.16. The molecule has 1 N–H and O–H groups in total. The molecule has 4 aromatic rings.